The molecule has 4 aliphatic rings. The summed E-state index contributed by atoms with van der Waals surface area (Å²) in [6, 6.07) is 18.1. The smallest absolute Gasteiger partial charge is 0.407 e. The van der Waals surface area contributed by atoms with Gasteiger partial charge in [0.2, 0.25) is 10.2 Å². The minimum absolute atomic E-state index is 0.0294. The number of aliphatic hydroxyl groups is 2. The molecule has 1 saturated heterocycles. The maximum Gasteiger partial charge on any atom is 0.407 e. The van der Waals surface area contributed by atoms with Crippen molar-refractivity contribution in [1.29, 1.82) is 0 Å². The van der Waals surface area contributed by atoms with E-state index in [0.717, 1.165) is 37.4 Å². The number of rotatable bonds is 7. The van der Waals surface area contributed by atoms with Gasteiger partial charge in [0.15, 0.2) is 0 Å². The standard InChI is InChI=1S/2C18H25NO4S.C11H19NO3/c1-18(2,3)23-17(22)19-13-9-10-15(14(20)11-13)24-16(21)12-7-5-4-6-8-12;1-18(2,3)23-17(22)19-13-9-10-14(20)15(11-13)24-16(21)12-7-5-4-6-8-12;1-11(2,3)15-10(13)12-7-4-5-8-9(6-7)14-8/h2*4-8,13-15,20H,9-11H2,1-3H3,(H,19,22);7-9H,4-6H2,1-3H3,(H,12,13)/t13-,14-,15-;13-,14+,15+;7-,8+,9-/m111/s1. The van der Waals surface area contributed by atoms with Gasteiger partial charge in [0.1, 0.15) is 16.8 Å². The highest BCUT2D eigenvalue weighted by Crippen LogP contribution is 2.37. The number of thioether (sulfide) groups is 2. The first-order chi connectivity index (χ1) is 29.4. The molecule has 5 N–H and O–H groups in total. The number of aliphatic hydroxyl groups excluding tert-OH is 2. The van der Waals surface area contributed by atoms with E-state index in [1.165, 1.54) is 11.8 Å². The van der Waals surface area contributed by atoms with Gasteiger partial charge in [0, 0.05) is 39.8 Å². The van der Waals surface area contributed by atoms with Gasteiger partial charge in [-0.2, -0.15) is 0 Å². The van der Waals surface area contributed by atoms with E-state index in [2.05, 4.69) is 16.0 Å². The maximum absolute atomic E-state index is 12.3. The van der Waals surface area contributed by atoms with Gasteiger partial charge >= 0.3 is 18.3 Å². The van der Waals surface area contributed by atoms with E-state index in [4.69, 9.17) is 18.9 Å². The number of hydrogen-bond donors (Lipinski definition) is 5. The quantitative estimate of drug-likeness (QED) is 0.131. The Balaban J connectivity index is 0.000000213. The number of benzene rings is 2. The van der Waals surface area contributed by atoms with Crippen molar-refractivity contribution in [3.05, 3.63) is 71.8 Å². The predicted octanol–water partition coefficient (Wildman–Crippen LogP) is 8.56. The van der Waals surface area contributed by atoms with Crippen LogP contribution < -0.4 is 16.0 Å². The lowest BCUT2D eigenvalue weighted by Gasteiger charge is -2.33. The molecule has 4 fully saturated rings. The Morgan fingerprint density at radius 3 is 1.33 bits per heavy atom. The Bertz CT molecular complexity index is 1800. The molecule has 14 nitrogen and oxygen atoms in total. The summed E-state index contributed by atoms with van der Waals surface area (Å²) in [7, 11) is 0. The number of carbonyl (C=O) groups excluding carboxylic acids is 5. The molecule has 2 aromatic rings. The van der Waals surface area contributed by atoms with Crippen LogP contribution in [0, 0.1) is 0 Å². The van der Waals surface area contributed by atoms with E-state index in [1.54, 1.807) is 24.3 Å². The van der Waals surface area contributed by atoms with Crippen LogP contribution in [0.15, 0.2) is 60.7 Å². The van der Waals surface area contributed by atoms with Crippen LogP contribution in [0.5, 0.6) is 0 Å². The predicted molar refractivity (Wildman–Crippen MR) is 246 cm³/mol. The van der Waals surface area contributed by atoms with Crippen molar-refractivity contribution in [2.24, 2.45) is 0 Å². The monoisotopic (exact) mass is 915 g/mol. The van der Waals surface area contributed by atoms with Crippen LogP contribution in [0.4, 0.5) is 14.4 Å². The molecule has 63 heavy (non-hydrogen) atoms. The number of alkyl carbamates (subject to hydrolysis) is 3. The van der Waals surface area contributed by atoms with Crippen molar-refractivity contribution < 1.29 is 53.1 Å². The largest absolute Gasteiger partial charge is 0.444 e. The van der Waals surface area contributed by atoms with E-state index < -0.39 is 41.2 Å². The Hall–Kier alpha value is -3.83. The molecule has 0 radical (unpaired) electrons. The zero-order valence-corrected chi connectivity index (χ0v) is 39.9. The summed E-state index contributed by atoms with van der Waals surface area (Å²) in [5.41, 5.74) is -0.245. The van der Waals surface area contributed by atoms with Crippen LogP contribution in [0.3, 0.4) is 0 Å². The third kappa shape index (κ3) is 19.8. The number of amides is 3. The zero-order valence-electron chi connectivity index (χ0n) is 38.2. The molecule has 9 atom stereocenters. The summed E-state index contributed by atoms with van der Waals surface area (Å²) in [5, 5.41) is 28.6. The lowest BCUT2D eigenvalue weighted by molar-refractivity contribution is 0.0447. The molecule has 6 rings (SSSR count). The fourth-order valence-electron chi connectivity index (χ4n) is 7.28. The van der Waals surface area contributed by atoms with E-state index in [-0.39, 0.29) is 44.9 Å². The number of ether oxygens (including phenoxy) is 4. The second-order valence-corrected chi connectivity index (χ2v) is 21.9. The average molecular weight is 916 g/mol. The van der Waals surface area contributed by atoms with E-state index in [9.17, 15) is 34.2 Å². The minimum Gasteiger partial charge on any atom is -0.444 e. The van der Waals surface area contributed by atoms with Crippen LogP contribution in [-0.4, -0.2) is 109 Å². The maximum atomic E-state index is 12.3. The van der Waals surface area contributed by atoms with Crippen LogP contribution in [0.1, 0.15) is 141 Å². The Labute approximate surface area is 381 Å². The molecule has 0 aromatic heterocycles. The van der Waals surface area contributed by atoms with Gasteiger partial charge in [0.25, 0.3) is 0 Å². The van der Waals surface area contributed by atoms with Crippen molar-refractivity contribution in [3.63, 3.8) is 0 Å². The second kappa shape index (κ2) is 23.4. The first kappa shape index (κ1) is 51.8. The molecule has 3 aliphatic carbocycles. The highest BCUT2D eigenvalue weighted by atomic mass is 32.2. The van der Waals surface area contributed by atoms with Gasteiger partial charge in [0.05, 0.1) is 24.4 Å². The van der Waals surface area contributed by atoms with E-state index in [1.807, 2.05) is 98.7 Å². The van der Waals surface area contributed by atoms with Crippen molar-refractivity contribution in [2.75, 3.05) is 0 Å². The van der Waals surface area contributed by atoms with Crippen molar-refractivity contribution in [1.82, 2.24) is 16.0 Å². The summed E-state index contributed by atoms with van der Waals surface area (Å²) in [6.07, 6.45) is 5.05. The molecule has 0 spiro atoms. The molecule has 3 amide bonds. The van der Waals surface area contributed by atoms with E-state index >= 15 is 0 Å². The Morgan fingerprint density at radius 1 is 0.508 bits per heavy atom. The summed E-state index contributed by atoms with van der Waals surface area (Å²) < 4.78 is 21.1. The number of epoxide rings is 1. The van der Waals surface area contributed by atoms with Gasteiger partial charge < -0.3 is 45.1 Å². The number of fused-ring (bicyclic) bond motifs is 1. The first-order valence-corrected chi connectivity index (χ1v) is 23.7. The Morgan fingerprint density at radius 2 is 0.905 bits per heavy atom. The highest BCUT2D eigenvalue weighted by Gasteiger charge is 2.44. The molecule has 2 aromatic carbocycles. The third-order valence-corrected chi connectivity index (χ3v) is 12.8. The molecular weight excluding hydrogens is 847 g/mol. The lowest BCUT2D eigenvalue weighted by Crippen LogP contribution is -2.45. The molecule has 3 saturated carbocycles. The SMILES string of the molecule is CC(C)(C)OC(=O)N[C@@H]1CC[C@@H](SC(=O)c2ccccc2)[C@H](O)C1.CC(C)(C)OC(=O)N[C@@H]1CC[C@@H]2O[C@@H]2C1.CC(C)(C)OC(=O)N[C@@H]1CC[C@H](O)[C@@H](SC(=O)c2ccccc2)C1. The molecule has 0 unspecified atom stereocenters. The molecule has 16 heteroatoms. The molecule has 350 valence electrons. The number of hydrogen-bond acceptors (Lipinski definition) is 13. The summed E-state index contributed by atoms with van der Waals surface area (Å²) in [6.45, 7) is 16.5. The van der Waals surface area contributed by atoms with Crippen LogP contribution in [0.25, 0.3) is 0 Å². The van der Waals surface area contributed by atoms with Gasteiger partial charge in [-0.15, -0.1) is 0 Å². The first-order valence-electron chi connectivity index (χ1n) is 21.9. The number of nitrogens with one attached hydrogen (secondary N) is 3. The van der Waals surface area contributed by atoms with Crippen molar-refractivity contribution >= 4 is 52.0 Å². The fraction of sp³-hybridized carbons (Fsp3) is 0.638. The van der Waals surface area contributed by atoms with Crippen LogP contribution in [0.2, 0.25) is 0 Å². The molecule has 0 bridgehead atoms. The third-order valence-electron chi connectivity index (χ3n) is 10.2. The van der Waals surface area contributed by atoms with Crippen LogP contribution >= 0.6 is 23.5 Å². The minimum atomic E-state index is -0.628. The number of carbonyl (C=O) groups is 5. The topological polar surface area (TPSA) is 202 Å². The zero-order chi connectivity index (χ0) is 46.5. The van der Waals surface area contributed by atoms with E-state index in [0.29, 0.717) is 55.4 Å². The highest BCUT2D eigenvalue weighted by molar-refractivity contribution is 8.15. The van der Waals surface area contributed by atoms with Gasteiger partial charge in [-0.1, -0.05) is 84.2 Å². The van der Waals surface area contributed by atoms with Crippen molar-refractivity contribution in [2.45, 2.75) is 190 Å². The average Bonchev–Trinajstić information content (AvgIpc) is 3.95. The molecular formula is C47H69N3O11S2. The Kier molecular flexibility index (Phi) is 19.2. The second-order valence-electron chi connectivity index (χ2n) is 19.4. The lowest BCUT2D eigenvalue weighted by atomic mass is 9.92. The summed E-state index contributed by atoms with van der Waals surface area (Å²) >= 11 is 2.32. The molecule has 1 aliphatic heterocycles. The van der Waals surface area contributed by atoms with Crippen molar-refractivity contribution in [3.8, 4) is 0 Å². The van der Waals surface area contributed by atoms with Gasteiger partial charge in [-0.3, -0.25) is 9.59 Å². The normalized spacial score (nSPS) is 26.6. The molecule has 1 heterocycles. The van der Waals surface area contributed by atoms with Gasteiger partial charge in [-0.25, -0.2) is 14.4 Å². The fourth-order valence-corrected chi connectivity index (χ4v) is 9.51. The van der Waals surface area contributed by atoms with Gasteiger partial charge in [-0.05, 0) is 120 Å². The summed E-state index contributed by atoms with van der Waals surface area (Å²) in [5.74, 6) is 0. The summed E-state index contributed by atoms with van der Waals surface area (Å²) in [4.78, 5) is 59.7. The van der Waals surface area contributed by atoms with Crippen LogP contribution in [-0.2, 0) is 18.9 Å².